The normalized spacial score (nSPS) is 13.5. The Kier molecular flexibility index (Phi) is 6.51. The molecule has 172 valence electrons. The molecule has 4 aromatic rings. The predicted octanol–water partition coefficient (Wildman–Crippen LogP) is 7.18. The highest BCUT2D eigenvalue weighted by atomic mass is 79.9. The fourth-order valence-corrected chi connectivity index (χ4v) is 8.07. The molecule has 4 rings (SSSR count). The number of fused-ring (bicyclic) bond motifs is 2. The van der Waals surface area contributed by atoms with Gasteiger partial charge < -0.3 is 4.74 Å². The summed E-state index contributed by atoms with van der Waals surface area (Å²) < 4.78 is 18.7. The highest BCUT2D eigenvalue weighted by molar-refractivity contribution is 9.46. The summed E-state index contributed by atoms with van der Waals surface area (Å²) >= 11 is 3.35. The Balaban J connectivity index is 2.13. The average molecular weight is 556 g/mol. The second-order valence-corrected chi connectivity index (χ2v) is 23.5. The Labute approximate surface area is 209 Å². The van der Waals surface area contributed by atoms with Crippen molar-refractivity contribution >= 4 is 72.1 Å². The predicted molar refractivity (Wildman–Crippen MR) is 155 cm³/mol. The molecule has 33 heavy (non-hydrogen) atoms. The Morgan fingerprint density at radius 3 is 1.64 bits per heavy atom. The third-order valence-corrected chi connectivity index (χ3v) is 12.2. The van der Waals surface area contributed by atoms with Crippen molar-refractivity contribution in [3.05, 3.63) is 60.7 Å². The van der Waals surface area contributed by atoms with E-state index in [-0.39, 0.29) is 0 Å². The number of hydrogen-bond donors (Lipinski definition) is 0. The Bertz CT molecular complexity index is 1400. The molecule has 0 heterocycles. The molecule has 1 unspecified atom stereocenters. The lowest BCUT2D eigenvalue weighted by atomic mass is 9.93. The Morgan fingerprint density at radius 2 is 1.18 bits per heavy atom. The minimum atomic E-state index is -1.46. The molecule has 0 aromatic heterocycles. The van der Waals surface area contributed by atoms with Gasteiger partial charge in [-0.15, -0.1) is 0 Å². The molecule has 4 aromatic carbocycles. The molecule has 0 saturated heterocycles. The summed E-state index contributed by atoms with van der Waals surface area (Å²) in [6.07, 6.45) is 0. The van der Waals surface area contributed by atoms with Crippen LogP contribution in [0.1, 0.15) is 0 Å². The van der Waals surface area contributed by atoms with Gasteiger partial charge in [-0.2, -0.15) is 0 Å². The van der Waals surface area contributed by atoms with E-state index in [4.69, 9.17) is 4.74 Å². The van der Waals surface area contributed by atoms with Gasteiger partial charge in [-0.25, -0.2) is 4.21 Å². The van der Waals surface area contributed by atoms with E-state index in [1.165, 1.54) is 21.1 Å². The van der Waals surface area contributed by atoms with E-state index in [1.807, 2.05) is 12.1 Å². The topological polar surface area (TPSA) is 26.3 Å². The van der Waals surface area contributed by atoms with Crippen LogP contribution in [0.15, 0.2) is 65.6 Å². The molecule has 0 spiro atoms. The minimum absolute atomic E-state index is 0.767. The van der Waals surface area contributed by atoms with Crippen molar-refractivity contribution < 1.29 is 8.95 Å². The first-order chi connectivity index (χ1) is 15.4. The summed E-state index contributed by atoms with van der Waals surface area (Å²) in [7, 11) is -2.52. The second-order valence-electron chi connectivity index (χ2n) is 10.7. The zero-order valence-electron chi connectivity index (χ0n) is 20.4. The van der Waals surface area contributed by atoms with Gasteiger partial charge in [0.2, 0.25) is 0 Å². The van der Waals surface area contributed by atoms with Gasteiger partial charge in [-0.05, 0) is 33.7 Å². The maximum atomic E-state index is 12.8. The first kappa shape index (κ1) is 24.4. The van der Waals surface area contributed by atoms with Crippen molar-refractivity contribution in [1.82, 2.24) is 0 Å². The van der Waals surface area contributed by atoms with Crippen LogP contribution in [0.4, 0.5) is 0 Å². The standard InChI is InChI=1S/C27H31BrO2SSi2/c1-30-24-14-8-18-16-20(32(2,3)4)10-12-22(18)26(24)27-23-13-11-21(33(5,6)7)17-19(23)9-15-25(27)31(28)29/h8-17H,1-7H3. The lowest BCUT2D eigenvalue weighted by Crippen LogP contribution is -2.37. The number of ether oxygens (including phenoxy) is 1. The lowest BCUT2D eigenvalue weighted by Gasteiger charge is -2.21. The summed E-state index contributed by atoms with van der Waals surface area (Å²) in [6.45, 7) is 14.2. The molecule has 0 bridgehead atoms. The van der Waals surface area contributed by atoms with Crippen LogP contribution in [-0.4, -0.2) is 27.5 Å². The van der Waals surface area contributed by atoms with Gasteiger partial charge in [0.1, 0.15) is 15.0 Å². The van der Waals surface area contributed by atoms with Crippen molar-refractivity contribution in [2.45, 2.75) is 44.2 Å². The lowest BCUT2D eigenvalue weighted by molar-refractivity contribution is 0.417. The van der Waals surface area contributed by atoms with E-state index < -0.39 is 25.4 Å². The molecule has 0 aliphatic carbocycles. The molecule has 6 heteroatoms. The van der Waals surface area contributed by atoms with Crippen molar-refractivity contribution in [3.8, 4) is 16.9 Å². The molecular formula is C27H31BrO2SSi2. The zero-order valence-corrected chi connectivity index (χ0v) is 24.8. The van der Waals surface area contributed by atoms with Crippen molar-refractivity contribution in [2.75, 3.05) is 7.11 Å². The van der Waals surface area contributed by atoms with Crippen LogP contribution in [0.25, 0.3) is 32.7 Å². The third-order valence-electron chi connectivity index (χ3n) is 6.34. The minimum Gasteiger partial charge on any atom is -0.496 e. The number of benzene rings is 4. The first-order valence-electron chi connectivity index (χ1n) is 11.2. The van der Waals surface area contributed by atoms with Crippen LogP contribution in [0.3, 0.4) is 0 Å². The molecule has 0 fully saturated rings. The molecular weight excluding hydrogens is 524 g/mol. The fourth-order valence-electron chi connectivity index (χ4n) is 4.37. The largest absolute Gasteiger partial charge is 0.496 e. The highest BCUT2D eigenvalue weighted by Crippen LogP contribution is 2.44. The van der Waals surface area contributed by atoms with Gasteiger partial charge >= 0.3 is 0 Å². The van der Waals surface area contributed by atoms with E-state index in [2.05, 4.69) is 103 Å². The summed E-state index contributed by atoms with van der Waals surface area (Å²) in [5, 5.41) is 7.42. The smallest absolute Gasteiger partial charge is 0.127 e. The average Bonchev–Trinajstić information content (AvgIpc) is 2.75. The van der Waals surface area contributed by atoms with Gasteiger partial charge in [-0.3, -0.25) is 0 Å². The molecule has 1 atom stereocenters. The second kappa shape index (κ2) is 8.80. The van der Waals surface area contributed by atoms with Crippen molar-refractivity contribution in [1.29, 1.82) is 0 Å². The maximum absolute atomic E-state index is 12.8. The van der Waals surface area contributed by atoms with Crippen LogP contribution in [-0.2, 0) is 9.23 Å². The molecule has 0 amide bonds. The van der Waals surface area contributed by atoms with E-state index in [1.54, 1.807) is 7.11 Å². The molecule has 0 radical (unpaired) electrons. The molecule has 0 aliphatic rings. The van der Waals surface area contributed by atoms with Crippen molar-refractivity contribution in [3.63, 3.8) is 0 Å². The SMILES string of the molecule is COc1ccc2cc([Si](C)(C)C)ccc2c1-c1c(S(=O)Br)ccc2cc([Si](C)(C)C)ccc12. The zero-order chi connectivity index (χ0) is 24.1. The first-order valence-corrected chi connectivity index (χ1v) is 21.2. The van der Waals surface area contributed by atoms with Gasteiger partial charge in [0.05, 0.1) is 28.2 Å². The van der Waals surface area contributed by atoms with Gasteiger partial charge in [0.15, 0.2) is 0 Å². The maximum Gasteiger partial charge on any atom is 0.127 e. The fraction of sp³-hybridized carbons (Fsp3) is 0.259. The highest BCUT2D eigenvalue weighted by Gasteiger charge is 2.23. The van der Waals surface area contributed by atoms with Gasteiger partial charge in [0.25, 0.3) is 0 Å². The van der Waals surface area contributed by atoms with Crippen LogP contribution < -0.4 is 15.1 Å². The molecule has 2 nitrogen and oxygen atoms in total. The van der Waals surface area contributed by atoms with Crippen LogP contribution in [0.2, 0.25) is 39.3 Å². The molecule has 0 saturated carbocycles. The molecule has 0 aliphatic heterocycles. The number of halogens is 1. The van der Waals surface area contributed by atoms with E-state index in [9.17, 15) is 4.21 Å². The van der Waals surface area contributed by atoms with Crippen LogP contribution in [0, 0.1) is 0 Å². The van der Waals surface area contributed by atoms with Crippen molar-refractivity contribution in [2.24, 2.45) is 0 Å². The number of rotatable bonds is 5. The van der Waals surface area contributed by atoms with E-state index in [0.717, 1.165) is 32.5 Å². The number of methoxy groups -OCH3 is 1. The Morgan fingerprint density at radius 1 is 0.697 bits per heavy atom. The summed E-state index contributed by atoms with van der Waals surface area (Å²) in [6, 6.07) is 21.8. The van der Waals surface area contributed by atoms with E-state index in [0.29, 0.717) is 0 Å². The summed E-state index contributed by atoms with van der Waals surface area (Å²) in [5.41, 5.74) is 1.99. The van der Waals surface area contributed by atoms with Crippen LogP contribution >= 0.6 is 14.8 Å². The quantitative estimate of drug-likeness (QED) is 0.193. The van der Waals surface area contributed by atoms with E-state index >= 15 is 0 Å². The summed E-state index contributed by atoms with van der Waals surface area (Å²) in [4.78, 5) is 0.767. The van der Waals surface area contributed by atoms with Gasteiger partial charge in [0, 0.05) is 25.9 Å². The molecule has 0 N–H and O–H groups in total. The van der Waals surface area contributed by atoms with Crippen LogP contribution in [0.5, 0.6) is 5.75 Å². The van der Waals surface area contributed by atoms with Gasteiger partial charge in [-0.1, -0.05) is 98.2 Å². The summed E-state index contributed by atoms with van der Waals surface area (Å²) in [5.74, 6) is 0.796. The number of hydrogen-bond acceptors (Lipinski definition) is 2. The Hall–Kier alpha value is -1.74. The monoisotopic (exact) mass is 554 g/mol. The third kappa shape index (κ3) is 4.63.